The minimum Gasteiger partial charge on any atom is -0.465 e. The van der Waals surface area contributed by atoms with Crippen molar-refractivity contribution in [2.24, 2.45) is 17.3 Å². The third-order valence-corrected chi connectivity index (χ3v) is 7.29. The van der Waals surface area contributed by atoms with Gasteiger partial charge in [-0.2, -0.15) is 0 Å². The lowest BCUT2D eigenvalue weighted by molar-refractivity contribution is -0.135. The second kappa shape index (κ2) is 11.1. The Morgan fingerprint density at radius 2 is 1.79 bits per heavy atom. The summed E-state index contributed by atoms with van der Waals surface area (Å²) in [5.74, 6) is -0.293. The van der Waals surface area contributed by atoms with Crippen molar-refractivity contribution < 1.29 is 24.2 Å². The smallest absolute Gasteiger partial charge is 0.410 e. The minimum atomic E-state index is -1.31. The summed E-state index contributed by atoms with van der Waals surface area (Å²) in [4.78, 5) is 39.8. The van der Waals surface area contributed by atoms with Gasteiger partial charge in [0.25, 0.3) is 0 Å². The first-order valence-corrected chi connectivity index (χ1v) is 12.4. The van der Waals surface area contributed by atoms with Crippen LogP contribution >= 0.6 is 0 Å². The Bertz CT molecular complexity index is 848. The normalized spacial score (nSPS) is 23.7. The molecule has 34 heavy (non-hydrogen) atoms. The van der Waals surface area contributed by atoms with E-state index in [0.717, 1.165) is 18.4 Å². The van der Waals surface area contributed by atoms with E-state index in [2.05, 4.69) is 10.6 Å². The summed E-state index contributed by atoms with van der Waals surface area (Å²) < 4.78 is 5.51. The molecular weight excluding hydrogens is 434 g/mol. The average Bonchev–Trinajstić information content (AvgIpc) is 2.81. The molecule has 3 N–H and O–H groups in total. The summed E-state index contributed by atoms with van der Waals surface area (Å²) in [6, 6.07) is 9.45. The van der Waals surface area contributed by atoms with E-state index in [-0.39, 0.29) is 32.0 Å². The topological polar surface area (TPSA) is 108 Å². The lowest BCUT2D eigenvalue weighted by atomic mass is 9.64. The molecule has 1 aromatic rings. The predicted octanol–water partition coefficient (Wildman–Crippen LogP) is 4.39. The monoisotopic (exact) mass is 473 g/mol. The molecule has 3 rings (SSSR count). The van der Waals surface area contributed by atoms with Crippen LogP contribution in [0.15, 0.2) is 30.3 Å². The van der Waals surface area contributed by atoms with Gasteiger partial charge >= 0.3 is 12.2 Å². The van der Waals surface area contributed by atoms with Gasteiger partial charge in [-0.15, -0.1) is 0 Å². The van der Waals surface area contributed by atoms with Gasteiger partial charge in [0.1, 0.15) is 12.1 Å². The average molecular weight is 474 g/mol. The van der Waals surface area contributed by atoms with Crippen LogP contribution < -0.4 is 10.6 Å². The van der Waals surface area contributed by atoms with Gasteiger partial charge in [0, 0.05) is 25.6 Å². The van der Waals surface area contributed by atoms with Gasteiger partial charge in [-0.25, -0.2) is 9.59 Å². The fourth-order valence-corrected chi connectivity index (χ4v) is 5.40. The second-order valence-electron chi connectivity index (χ2n) is 10.8. The summed E-state index contributed by atoms with van der Waals surface area (Å²) in [6.45, 7) is 7.11. The molecular formula is C26H39N3O5. The number of benzene rings is 1. The highest BCUT2D eigenvalue weighted by atomic mass is 16.6. The number of nitrogens with zero attached hydrogens (tertiary/aromatic N) is 1. The van der Waals surface area contributed by atoms with Crippen LogP contribution in [0.1, 0.15) is 64.9 Å². The standard InChI is InChI=1S/C26H39N3O5/c1-25(2,3)21-17-29(24(33)34-18-20-12-8-5-9-13-20)15-14-26(21,28-23(31)32)22(30)27-16-19-10-6-4-7-11-19/h5,8-9,12-13,19,21,28H,4,6-7,10-11,14-18H2,1-3H3,(H,27,30)(H,31,32). The first-order chi connectivity index (χ1) is 16.1. The summed E-state index contributed by atoms with van der Waals surface area (Å²) in [6.07, 6.45) is 4.25. The Kier molecular flexibility index (Phi) is 8.44. The highest BCUT2D eigenvalue weighted by Crippen LogP contribution is 2.41. The molecule has 1 aliphatic carbocycles. The Labute approximate surface area is 202 Å². The number of carbonyl (C=O) groups excluding carboxylic acids is 2. The molecule has 0 radical (unpaired) electrons. The zero-order valence-electron chi connectivity index (χ0n) is 20.6. The SMILES string of the molecule is CC(C)(C)C1CN(C(=O)OCc2ccccc2)CCC1(NC(=O)O)C(=O)NCC1CCCCC1. The molecule has 1 saturated heterocycles. The molecule has 8 nitrogen and oxygen atoms in total. The van der Waals surface area contributed by atoms with E-state index < -0.39 is 29.1 Å². The van der Waals surface area contributed by atoms with Crippen LogP contribution in [0.2, 0.25) is 0 Å². The van der Waals surface area contributed by atoms with E-state index in [0.29, 0.717) is 12.5 Å². The maximum Gasteiger partial charge on any atom is 0.410 e. The van der Waals surface area contributed by atoms with E-state index in [4.69, 9.17) is 4.74 Å². The van der Waals surface area contributed by atoms with E-state index in [1.165, 1.54) is 19.3 Å². The maximum atomic E-state index is 13.6. The van der Waals surface area contributed by atoms with Crippen molar-refractivity contribution in [3.63, 3.8) is 0 Å². The number of ether oxygens (including phenoxy) is 1. The first-order valence-electron chi connectivity index (χ1n) is 12.4. The zero-order chi connectivity index (χ0) is 24.8. The highest BCUT2D eigenvalue weighted by Gasteiger charge is 2.55. The van der Waals surface area contributed by atoms with Crippen LogP contribution in [-0.2, 0) is 16.1 Å². The Morgan fingerprint density at radius 3 is 2.41 bits per heavy atom. The van der Waals surface area contributed by atoms with Crippen molar-refractivity contribution in [2.75, 3.05) is 19.6 Å². The van der Waals surface area contributed by atoms with E-state index >= 15 is 0 Å². The molecule has 0 aromatic heterocycles. The van der Waals surface area contributed by atoms with Crippen molar-refractivity contribution in [3.05, 3.63) is 35.9 Å². The zero-order valence-corrected chi connectivity index (χ0v) is 20.6. The van der Waals surface area contributed by atoms with Crippen LogP contribution in [0.4, 0.5) is 9.59 Å². The molecule has 1 aromatic carbocycles. The van der Waals surface area contributed by atoms with Crippen molar-refractivity contribution >= 4 is 18.1 Å². The number of rotatable bonds is 6. The van der Waals surface area contributed by atoms with Gasteiger partial charge in [-0.3, -0.25) is 4.79 Å². The van der Waals surface area contributed by atoms with Crippen LogP contribution in [0.5, 0.6) is 0 Å². The summed E-state index contributed by atoms with van der Waals surface area (Å²) in [7, 11) is 0. The molecule has 0 spiro atoms. The van der Waals surface area contributed by atoms with E-state index in [1.807, 2.05) is 51.1 Å². The fourth-order valence-electron chi connectivity index (χ4n) is 5.40. The molecule has 1 aliphatic heterocycles. The lowest BCUT2D eigenvalue weighted by Gasteiger charge is -2.51. The molecule has 2 atom stereocenters. The van der Waals surface area contributed by atoms with Crippen LogP contribution in [0.3, 0.4) is 0 Å². The minimum absolute atomic E-state index is 0.163. The number of hydrogen-bond acceptors (Lipinski definition) is 4. The lowest BCUT2D eigenvalue weighted by Crippen LogP contribution is -2.71. The molecule has 0 bridgehead atoms. The number of hydrogen-bond donors (Lipinski definition) is 3. The molecule has 1 saturated carbocycles. The Balaban J connectivity index is 1.74. The fraction of sp³-hybridized carbons (Fsp3) is 0.654. The van der Waals surface area contributed by atoms with Gasteiger partial charge in [0.2, 0.25) is 5.91 Å². The highest BCUT2D eigenvalue weighted by molar-refractivity contribution is 5.90. The number of likely N-dealkylation sites (tertiary alicyclic amines) is 1. The molecule has 2 aliphatic rings. The molecule has 3 amide bonds. The van der Waals surface area contributed by atoms with Crippen molar-refractivity contribution in [1.29, 1.82) is 0 Å². The van der Waals surface area contributed by atoms with E-state index in [9.17, 15) is 19.5 Å². The van der Waals surface area contributed by atoms with Gasteiger partial charge in [0.05, 0.1) is 0 Å². The van der Waals surface area contributed by atoms with Gasteiger partial charge < -0.3 is 25.4 Å². The van der Waals surface area contributed by atoms with Crippen molar-refractivity contribution in [3.8, 4) is 0 Å². The van der Waals surface area contributed by atoms with Crippen LogP contribution in [0.25, 0.3) is 0 Å². The third-order valence-electron chi connectivity index (χ3n) is 7.29. The van der Waals surface area contributed by atoms with E-state index in [1.54, 1.807) is 4.90 Å². The number of piperidine rings is 1. The number of carbonyl (C=O) groups is 3. The third kappa shape index (κ3) is 6.42. The summed E-state index contributed by atoms with van der Waals surface area (Å²) in [5.41, 5.74) is -0.859. The summed E-state index contributed by atoms with van der Waals surface area (Å²) in [5, 5.41) is 15.3. The Hall–Kier alpha value is -2.77. The predicted molar refractivity (Wildman–Crippen MR) is 129 cm³/mol. The summed E-state index contributed by atoms with van der Waals surface area (Å²) >= 11 is 0. The molecule has 188 valence electrons. The number of nitrogens with one attached hydrogen (secondary N) is 2. The van der Waals surface area contributed by atoms with Crippen LogP contribution in [0, 0.1) is 17.3 Å². The van der Waals surface area contributed by atoms with Crippen molar-refractivity contribution in [2.45, 2.75) is 71.4 Å². The van der Waals surface area contributed by atoms with Gasteiger partial charge in [-0.1, -0.05) is 70.4 Å². The molecule has 2 unspecified atom stereocenters. The first kappa shape index (κ1) is 25.8. The molecule has 2 fully saturated rings. The van der Waals surface area contributed by atoms with Crippen LogP contribution in [-0.4, -0.2) is 53.3 Å². The number of carboxylic acid groups (broad SMARTS) is 1. The van der Waals surface area contributed by atoms with Crippen molar-refractivity contribution in [1.82, 2.24) is 15.5 Å². The molecule has 1 heterocycles. The molecule has 8 heteroatoms. The maximum absolute atomic E-state index is 13.6. The quantitative estimate of drug-likeness (QED) is 0.568. The van der Waals surface area contributed by atoms with Gasteiger partial charge in [0.15, 0.2) is 0 Å². The second-order valence-corrected chi connectivity index (χ2v) is 10.8. The number of amides is 3. The largest absolute Gasteiger partial charge is 0.465 e. The van der Waals surface area contributed by atoms with Gasteiger partial charge in [-0.05, 0) is 36.2 Å². The Morgan fingerprint density at radius 1 is 1.12 bits per heavy atom.